The van der Waals surface area contributed by atoms with Crippen LogP contribution in [-0.4, -0.2) is 25.7 Å². The number of nitrogens with one attached hydrogen (secondary N) is 1. The summed E-state index contributed by atoms with van der Waals surface area (Å²) >= 11 is 0. The molecule has 0 atom stereocenters. The zero-order valence-electron chi connectivity index (χ0n) is 11.4. The van der Waals surface area contributed by atoms with Crippen LogP contribution in [-0.2, 0) is 4.74 Å². The molecule has 0 aromatic heterocycles. The number of ether oxygens (including phenoxy) is 1. The van der Waals surface area contributed by atoms with Gasteiger partial charge in [0.25, 0.3) is 0 Å². The molecule has 0 unspecified atom stereocenters. The molecule has 108 valence electrons. The van der Waals surface area contributed by atoms with Crippen molar-refractivity contribution < 1.29 is 9.53 Å². The number of benzene rings is 1. The molecule has 2 rings (SSSR count). The van der Waals surface area contributed by atoms with E-state index in [1.54, 1.807) is 31.2 Å². The van der Waals surface area contributed by atoms with E-state index in [-0.39, 0.29) is 18.4 Å². The van der Waals surface area contributed by atoms with Crippen molar-refractivity contribution in [2.75, 3.05) is 25.4 Å². The molecule has 4 nitrogen and oxygen atoms in total. The van der Waals surface area contributed by atoms with Crippen LogP contribution < -0.4 is 11.1 Å². The van der Waals surface area contributed by atoms with Crippen LogP contribution in [0.2, 0.25) is 0 Å². The van der Waals surface area contributed by atoms with Gasteiger partial charge in [-0.15, -0.1) is 12.4 Å². The summed E-state index contributed by atoms with van der Waals surface area (Å²) in [5, 5.41) is 3.28. The zero-order valence-corrected chi connectivity index (χ0v) is 12.2. The minimum Gasteiger partial charge on any atom is -0.462 e. The van der Waals surface area contributed by atoms with Crippen molar-refractivity contribution in [3.8, 4) is 0 Å². The molecular weight excluding hydrogens is 264 g/mol. The van der Waals surface area contributed by atoms with Crippen LogP contribution >= 0.6 is 12.4 Å². The van der Waals surface area contributed by atoms with Crippen molar-refractivity contribution >= 4 is 24.1 Å². The van der Waals surface area contributed by atoms with Gasteiger partial charge in [0.2, 0.25) is 0 Å². The Morgan fingerprint density at radius 1 is 1.21 bits per heavy atom. The van der Waals surface area contributed by atoms with E-state index < -0.39 is 0 Å². The van der Waals surface area contributed by atoms with E-state index in [9.17, 15) is 4.79 Å². The fourth-order valence-corrected chi connectivity index (χ4v) is 1.64. The molecule has 1 aromatic carbocycles. The number of nitrogens with two attached hydrogens (primary N) is 1. The monoisotopic (exact) mass is 286 g/mol. The summed E-state index contributed by atoms with van der Waals surface area (Å²) in [6.45, 7) is 4.67. The molecule has 1 aliphatic heterocycles. The number of anilines is 1. The molecule has 1 aliphatic rings. The Morgan fingerprint density at radius 3 is 2.16 bits per heavy atom. The lowest BCUT2D eigenvalue weighted by molar-refractivity contribution is 0.0526. The average Bonchev–Trinajstić information content (AvgIpc) is 2.42. The molecule has 0 aliphatic carbocycles. The maximum atomic E-state index is 11.1. The van der Waals surface area contributed by atoms with E-state index in [4.69, 9.17) is 10.5 Å². The van der Waals surface area contributed by atoms with Crippen molar-refractivity contribution in [1.29, 1.82) is 0 Å². The SMILES string of the molecule is C1CCNCC1.CCOC(=O)c1ccc(N)cc1.Cl. The van der Waals surface area contributed by atoms with Crippen LogP contribution in [0.25, 0.3) is 0 Å². The summed E-state index contributed by atoms with van der Waals surface area (Å²) in [5.41, 5.74) is 6.62. The van der Waals surface area contributed by atoms with Gasteiger partial charge in [0, 0.05) is 5.69 Å². The first kappa shape index (κ1) is 17.7. The van der Waals surface area contributed by atoms with Gasteiger partial charge in [-0.1, -0.05) is 6.42 Å². The molecule has 0 bridgehead atoms. The molecule has 0 radical (unpaired) electrons. The maximum absolute atomic E-state index is 11.1. The highest BCUT2D eigenvalue weighted by molar-refractivity contribution is 5.89. The number of rotatable bonds is 2. The first-order valence-electron chi connectivity index (χ1n) is 6.47. The lowest BCUT2D eigenvalue weighted by Crippen LogP contribution is -2.21. The Kier molecular flexibility index (Phi) is 9.94. The molecule has 0 spiro atoms. The van der Waals surface area contributed by atoms with Gasteiger partial charge >= 0.3 is 5.97 Å². The summed E-state index contributed by atoms with van der Waals surface area (Å²) in [7, 11) is 0. The van der Waals surface area contributed by atoms with Crippen molar-refractivity contribution in [2.45, 2.75) is 26.2 Å². The van der Waals surface area contributed by atoms with Gasteiger partial charge in [-0.25, -0.2) is 4.79 Å². The van der Waals surface area contributed by atoms with E-state index in [0.29, 0.717) is 17.9 Å². The summed E-state index contributed by atoms with van der Waals surface area (Å²) in [5.74, 6) is -0.308. The number of esters is 1. The predicted molar refractivity (Wildman–Crippen MR) is 80.8 cm³/mol. The van der Waals surface area contributed by atoms with E-state index in [1.807, 2.05) is 0 Å². The third-order valence-corrected chi connectivity index (χ3v) is 2.63. The minimum atomic E-state index is -0.308. The fourth-order valence-electron chi connectivity index (χ4n) is 1.64. The van der Waals surface area contributed by atoms with E-state index in [2.05, 4.69) is 5.32 Å². The maximum Gasteiger partial charge on any atom is 0.338 e. The molecule has 1 saturated heterocycles. The van der Waals surface area contributed by atoms with Crippen LogP contribution in [0.1, 0.15) is 36.5 Å². The number of piperidine rings is 1. The summed E-state index contributed by atoms with van der Waals surface area (Å²) < 4.78 is 4.79. The largest absolute Gasteiger partial charge is 0.462 e. The standard InChI is InChI=1S/C9H11NO2.C5H11N.ClH/c1-2-12-9(11)7-3-5-8(10)6-4-7;1-2-4-6-5-3-1;/h3-6H,2,10H2,1H3;6H,1-5H2;1H. The number of hydrogen-bond donors (Lipinski definition) is 2. The normalized spacial score (nSPS) is 13.5. The first-order chi connectivity index (χ1) is 8.74. The third kappa shape index (κ3) is 7.70. The van der Waals surface area contributed by atoms with Gasteiger partial charge in [0.15, 0.2) is 0 Å². The molecule has 1 fully saturated rings. The quantitative estimate of drug-likeness (QED) is 0.648. The lowest BCUT2D eigenvalue weighted by atomic mass is 10.2. The molecule has 19 heavy (non-hydrogen) atoms. The summed E-state index contributed by atoms with van der Waals surface area (Å²) in [6, 6.07) is 6.64. The van der Waals surface area contributed by atoms with Gasteiger partial charge in [0.05, 0.1) is 12.2 Å². The fraction of sp³-hybridized carbons (Fsp3) is 0.500. The Labute approximate surface area is 121 Å². The second-order valence-electron chi connectivity index (χ2n) is 4.15. The first-order valence-corrected chi connectivity index (χ1v) is 6.47. The molecule has 3 N–H and O–H groups in total. The predicted octanol–water partition coefficient (Wildman–Crippen LogP) is 2.63. The Hall–Kier alpha value is -1.26. The number of nitrogen functional groups attached to an aromatic ring is 1. The molecule has 5 heteroatoms. The molecule has 0 amide bonds. The van der Waals surface area contributed by atoms with Gasteiger partial charge in [-0.2, -0.15) is 0 Å². The Bertz CT molecular complexity index is 339. The van der Waals surface area contributed by atoms with Crippen LogP contribution in [0.5, 0.6) is 0 Å². The number of halogens is 1. The number of carbonyl (C=O) groups is 1. The van der Waals surface area contributed by atoms with Crippen molar-refractivity contribution in [3.63, 3.8) is 0 Å². The van der Waals surface area contributed by atoms with Crippen LogP contribution in [0, 0.1) is 0 Å². The summed E-state index contributed by atoms with van der Waals surface area (Å²) in [4.78, 5) is 11.1. The second kappa shape index (κ2) is 10.6. The van der Waals surface area contributed by atoms with Gasteiger partial charge in [0.1, 0.15) is 0 Å². The van der Waals surface area contributed by atoms with Crippen molar-refractivity contribution in [1.82, 2.24) is 5.32 Å². The second-order valence-corrected chi connectivity index (χ2v) is 4.15. The minimum absolute atomic E-state index is 0. The Morgan fingerprint density at radius 2 is 1.79 bits per heavy atom. The zero-order chi connectivity index (χ0) is 13.2. The number of hydrogen-bond acceptors (Lipinski definition) is 4. The highest BCUT2D eigenvalue weighted by Crippen LogP contribution is 2.06. The topological polar surface area (TPSA) is 64.3 Å². The number of carbonyl (C=O) groups excluding carboxylic acids is 1. The van der Waals surface area contributed by atoms with Crippen molar-refractivity contribution in [2.24, 2.45) is 0 Å². The Balaban J connectivity index is 0.000000392. The van der Waals surface area contributed by atoms with Gasteiger partial charge in [-0.3, -0.25) is 0 Å². The van der Waals surface area contributed by atoms with Crippen LogP contribution in [0.3, 0.4) is 0 Å². The van der Waals surface area contributed by atoms with Crippen LogP contribution in [0.15, 0.2) is 24.3 Å². The van der Waals surface area contributed by atoms with Crippen molar-refractivity contribution in [3.05, 3.63) is 29.8 Å². The average molecular weight is 287 g/mol. The lowest BCUT2D eigenvalue weighted by Gasteiger charge is -2.08. The van der Waals surface area contributed by atoms with E-state index in [1.165, 1.54) is 32.4 Å². The highest BCUT2D eigenvalue weighted by atomic mass is 35.5. The summed E-state index contributed by atoms with van der Waals surface area (Å²) in [6.07, 6.45) is 4.22. The molecule has 0 saturated carbocycles. The van der Waals surface area contributed by atoms with Gasteiger partial charge < -0.3 is 15.8 Å². The van der Waals surface area contributed by atoms with Crippen LogP contribution in [0.4, 0.5) is 5.69 Å². The molecular formula is C14H23ClN2O2. The third-order valence-electron chi connectivity index (χ3n) is 2.63. The van der Waals surface area contributed by atoms with Gasteiger partial charge in [-0.05, 0) is 57.1 Å². The smallest absolute Gasteiger partial charge is 0.338 e. The van der Waals surface area contributed by atoms with E-state index >= 15 is 0 Å². The molecule has 1 aromatic rings. The molecule has 1 heterocycles. The highest BCUT2D eigenvalue weighted by Gasteiger charge is 2.03. The van der Waals surface area contributed by atoms with E-state index in [0.717, 1.165) is 0 Å².